The Balaban J connectivity index is 2.10. The van der Waals surface area contributed by atoms with Gasteiger partial charge < -0.3 is 20.3 Å². The number of anilines is 2. The van der Waals surface area contributed by atoms with Crippen LogP contribution in [-0.2, 0) is 9.53 Å². The van der Waals surface area contributed by atoms with E-state index in [4.69, 9.17) is 4.74 Å². The summed E-state index contributed by atoms with van der Waals surface area (Å²) >= 11 is 0. The molecule has 1 aliphatic heterocycles. The van der Waals surface area contributed by atoms with E-state index in [2.05, 4.69) is 20.6 Å². The summed E-state index contributed by atoms with van der Waals surface area (Å²) in [7, 11) is 1.82. The first-order chi connectivity index (χ1) is 10.0. The Bertz CT molecular complexity index is 514. The maximum absolute atomic E-state index is 12.4. The summed E-state index contributed by atoms with van der Waals surface area (Å²) in [6, 6.07) is -0.333. The fraction of sp³-hybridized carbons (Fsp3) is 0.643. The van der Waals surface area contributed by atoms with Crippen molar-refractivity contribution < 1.29 is 9.53 Å². The average molecular weight is 293 g/mol. The van der Waals surface area contributed by atoms with Gasteiger partial charge in [-0.3, -0.25) is 4.79 Å². The third-order valence-corrected chi connectivity index (χ3v) is 3.54. The van der Waals surface area contributed by atoms with Gasteiger partial charge in [-0.1, -0.05) is 0 Å². The van der Waals surface area contributed by atoms with Gasteiger partial charge in [0.2, 0.25) is 5.91 Å². The molecule has 0 radical (unpaired) electrons. The van der Waals surface area contributed by atoms with Crippen molar-refractivity contribution in [3.63, 3.8) is 0 Å². The molecule has 1 atom stereocenters. The fourth-order valence-corrected chi connectivity index (χ4v) is 2.34. The summed E-state index contributed by atoms with van der Waals surface area (Å²) in [4.78, 5) is 22.9. The zero-order valence-electron chi connectivity index (χ0n) is 13.1. The number of aromatic nitrogens is 2. The highest BCUT2D eigenvalue weighted by molar-refractivity contribution is 5.84. The van der Waals surface area contributed by atoms with Crippen LogP contribution in [0.3, 0.4) is 0 Å². The smallest absolute Gasteiger partial charge is 0.244 e. The lowest BCUT2D eigenvalue weighted by Gasteiger charge is -2.29. The summed E-state index contributed by atoms with van der Waals surface area (Å²) in [5.74, 6) is 2.20. The Hall–Kier alpha value is -1.89. The molecule has 1 fully saturated rings. The number of carbonyl (C=O) groups excluding carboxylic acids is 1. The van der Waals surface area contributed by atoms with Crippen molar-refractivity contribution in [2.75, 3.05) is 44.0 Å². The Kier molecular flexibility index (Phi) is 4.95. The first kappa shape index (κ1) is 15.5. The largest absolute Gasteiger partial charge is 0.378 e. The summed E-state index contributed by atoms with van der Waals surface area (Å²) in [6.07, 6.45) is 0. The second-order valence-electron chi connectivity index (χ2n) is 5.15. The number of rotatable bonds is 4. The molecule has 1 amide bonds. The number of ether oxygens (including phenoxy) is 1. The minimum absolute atomic E-state index is 0.0694. The molecule has 0 aliphatic carbocycles. The van der Waals surface area contributed by atoms with Crippen LogP contribution >= 0.6 is 0 Å². The van der Waals surface area contributed by atoms with Gasteiger partial charge in [-0.05, 0) is 20.8 Å². The van der Waals surface area contributed by atoms with E-state index < -0.39 is 0 Å². The molecule has 1 aromatic heterocycles. The Morgan fingerprint density at radius 3 is 2.48 bits per heavy atom. The van der Waals surface area contributed by atoms with E-state index in [1.54, 1.807) is 0 Å². The van der Waals surface area contributed by atoms with Crippen LogP contribution in [0.15, 0.2) is 0 Å². The quantitative estimate of drug-likeness (QED) is 0.854. The van der Waals surface area contributed by atoms with Gasteiger partial charge in [-0.25, -0.2) is 9.97 Å². The molecule has 1 aliphatic rings. The molecule has 7 nitrogen and oxygen atoms in total. The van der Waals surface area contributed by atoms with Crippen LogP contribution in [0, 0.1) is 13.8 Å². The van der Waals surface area contributed by atoms with Gasteiger partial charge in [0.25, 0.3) is 0 Å². The molecule has 1 saturated heterocycles. The van der Waals surface area contributed by atoms with E-state index in [1.165, 1.54) is 0 Å². The van der Waals surface area contributed by atoms with Crippen LogP contribution in [0.4, 0.5) is 11.6 Å². The minimum Gasteiger partial charge on any atom is -0.378 e. The van der Waals surface area contributed by atoms with E-state index in [9.17, 15) is 4.79 Å². The van der Waals surface area contributed by atoms with Crippen LogP contribution in [0.25, 0.3) is 0 Å². The van der Waals surface area contributed by atoms with Crippen molar-refractivity contribution in [2.45, 2.75) is 26.8 Å². The highest BCUT2D eigenvalue weighted by atomic mass is 16.5. The molecule has 0 saturated carbocycles. The van der Waals surface area contributed by atoms with Crippen molar-refractivity contribution in [2.24, 2.45) is 0 Å². The molecule has 2 N–H and O–H groups in total. The van der Waals surface area contributed by atoms with Gasteiger partial charge in [0.15, 0.2) is 0 Å². The molecule has 1 unspecified atom stereocenters. The van der Waals surface area contributed by atoms with Crippen molar-refractivity contribution in [3.8, 4) is 0 Å². The number of nitrogens with zero attached hydrogens (tertiary/aromatic N) is 3. The maximum atomic E-state index is 12.4. The molecule has 1 aromatic rings. The SMILES string of the molecule is CNc1nc(C)nc(NC(C)C(=O)N2CCOCC2)c1C. The van der Waals surface area contributed by atoms with Gasteiger partial charge in [0.05, 0.1) is 13.2 Å². The molecule has 2 rings (SSSR count). The number of morpholine rings is 1. The molecular formula is C14H23N5O2. The van der Waals surface area contributed by atoms with E-state index in [-0.39, 0.29) is 11.9 Å². The molecule has 0 bridgehead atoms. The maximum Gasteiger partial charge on any atom is 0.244 e. The van der Waals surface area contributed by atoms with Gasteiger partial charge in [-0.15, -0.1) is 0 Å². The van der Waals surface area contributed by atoms with Crippen molar-refractivity contribution in [1.29, 1.82) is 0 Å². The highest BCUT2D eigenvalue weighted by Gasteiger charge is 2.23. The molecule has 116 valence electrons. The Labute approximate surface area is 125 Å². The van der Waals surface area contributed by atoms with E-state index in [0.29, 0.717) is 37.9 Å². The lowest BCUT2D eigenvalue weighted by Crippen LogP contribution is -2.47. The standard InChI is InChI=1S/C14H23N5O2/c1-9-12(15-4)17-11(3)18-13(9)16-10(2)14(20)19-5-7-21-8-6-19/h10H,5-8H2,1-4H3,(H2,15,16,17,18). The van der Waals surface area contributed by atoms with Crippen LogP contribution in [0.1, 0.15) is 18.3 Å². The molecule has 2 heterocycles. The predicted molar refractivity (Wildman–Crippen MR) is 81.5 cm³/mol. The second kappa shape index (κ2) is 6.71. The number of nitrogens with one attached hydrogen (secondary N) is 2. The van der Waals surface area contributed by atoms with E-state index in [0.717, 1.165) is 11.4 Å². The summed E-state index contributed by atoms with van der Waals surface area (Å²) < 4.78 is 5.27. The number of hydrogen-bond acceptors (Lipinski definition) is 6. The Morgan fingerprint density at radius 1 is 1.24 bits per heavy atom. The molecule has 7 heteroatoms. The van der Waals surface area contributed by atoms with Crippen LogP contribution in [0.2, 0.25) is 0 Å². The fourth-order valence-electron chi connectivity index (χ4n) is 2.34. The molecular weight excluding hydrogens is 270 g/mol. The predicted octanol–water partition coefficient (Wildman–Crippen LogP) is 0.794. The lowest BCUT2D eigenvalue weighted by molar-refractivity contribution is -0.135. The van der Waals surface area contributed by atoms with Crippen LogP contribution in [0.5, 0.6) is 0 Å². The summed E-state index contributed by atoms with van der Waals surface area (Å²) in [5.41, 5.74) is 0.907. The average Bonchev–Trinajstić information content (AvgIpc) is 2.50. The van der Waals surface area contributed by atoms with E-state index >= 15 is 0 Å². The van der Waals surface area contributed by atoms with Gasteiger partial charge >= 0.3 is 0 Å². The van der Waals surface area contributed by atoms with Crippen LogP contribution < -0.4 is 10.6 Å². The first-order valence-electron chi connectivity index (χ1n) is 7.19. The lowest BCUT2D eigenvalue weighted by atomic mass is 10.2. The minimum atomic E-state index is -0.333. The van der Waals surface area contributed by atoms with Gasteiger partial charge in [-0.2, -0.15) is 0 Å². The summed E-state index contributed by atoms with van der Waals surface area (Å²) in [6.45, 7) is 8.12. The van der Waals surface area contributed by atoms with Crippen molar-refractivity contribution in [3.05, 3.63) is 11.4 Å². The molecule has 0 aromatic carbocycles. The molecule has 21 heavy (non-hydrogen) atoms. The number of amides is 1. The van der Waals surface area contributed by atoms with Crippen molar-refractivity contribution in [1.82, 2.24) is 14.9 Å². The van der Waals surface area contributed by atoms with Gasteiger partial charge in [0, 0.05) is 25.7 Å². The highest BCUT2D eigenvalue weighted by Crippen LogP contribution is 2.20. The first-order valence-corrected chi connectivity index (χ1v) is 7.19. The monoisotopic (exact) mass is 293 g/mol. The zero-order chi connectivity index (χ0) is 15.4. The number of aryl methyl sites for hydroxylation is 1. The molecule has 0 spiro atoms. The second-order valence-corrected chi connectivity index (χ2v) is 5.15. The third-order valence-electron chi connectivity index (χ3n) is 3.54. The topological polar surface area (TPSA) is 79.4 Å². The van der Waals surface area contributed by atoms with E-state index in [1.807, 2.05) is 32.7 Å². The summed E-state index contributed by atoms with van der Waals surface area (Å²) in [5, 5.41) is 6.24. The van der Waals surface area contributed by atoms with Gasteiger partial charge in [0.1, 0.15) is 23.5 Å². The number of hydrogen-bond donors (Lipinski definition) is 2. The Morgan fingerprint density at radius 2 is 1.86 bits per heavy atom. The zero-order valence-corrected chi connectivity index (χ0v) is 13.1. The third kappa shape index (κ3) is 3.60. The van der Waals surface area contributed by atoms with Crippen LogP contribution in [-0.4, -0.2) is 60.2 Å². The van der Waals surface area contributed by atoms with Crippen molar-refractivity contribution >= 4 is 17.5 Å². The number of carbonyl (C=O) groups is 1. The normalized spacial score (nSPS) is 16.5.